The predicted octanol–water partition coefficient (Wildman–Crippen LogP) is 3.22. The lowest BCUT2D eigenvalue weighted by atomic mass is 9.76. The number of ether oxygens (including phenoxy) is 2. The van der Waals surface area contributed by atoms with Gasteiger partial charge >= 0.3 is 0 Å². The summed E-state index contributed by atoms with van der Waals surface area (Å²) in [5.74, 6) is 1.32. The summed E-state index contributed by atoms with van der Waals surface area (Å²) in [6.45, 7) is 2.00. The molecule has 0 saturated carbocycles. The van der Waals surface area contributed by atoms with Gasteiger partial charge in [-0.2, -0.15) is 0 Å². The smallest absolute Gasteiger partial charge is 0.228 e. The molecule has 1 N–H and O–H groups in total. The van der Waals surface area contributed by atoms with Gasteiger partial charge in [0.25, 0.3) is 0 Å². The zero-order valence-corrected chi connectivity index (χ0v) is 13.6. The van der Waals surface area contributed by atoms with Gasteiger partial charge in [-0.25, -0.2) is 0 Å². The molecule has 4 nitrogen and oxygen atoms in total. The van der Waals surface area contributed by atoms with Crippen molar-refractivity contribution in [2.45, 2.75) is 25.3 Å². The van der Waals surface area contributed by atoms with Gasteiger partial charge in [-0.15, -0.1) is 0 Å². The third kappa shape index (κ3) is 2.89. The number of benzene rings is 2. The van der Waals surface area contributed by atoms with Crippen LogP contribution in [0.4, 0.5) is 0 Å². The van der Waals surface area contributed by atoms with E-state index in [0.717, 1.165) is 23.1 Å². The van der Waals surface area contributed by atoms with Crippen LogP contribution < -0.4 is 14.8 Å². The highest BCUT2D eigenvalue weighted by atomic mass is 16.5. The summed E-state index contributed by atoms with van der Waals surface area (Å²) in [4.78, 5) is 12.5. The van der Waals surface area contributed by atoms with Crippen molar-refractivity contribution in [2.75, 3.05) is 14.2 Å². The first-order valence-electron chi connectivity index (χ1n) is 7.74. The van der Waals surface area contributed by atoms with E-state index in [2.05, 4.69) is 5.32 Å². The van der Waals surface area contributed by atoms with Crippen molar-refractivity contribution in [2.24, 2.45) is 0 Å². The van der Waals surface area contributed by atoms with Crippen LogP contribution in [0.2, 0.25) is 0 Å². The number of hydrogen-bond donors (Lipinski definition) is 1. The second-order valence-corrected chi connectivity index (χ2v) is 5.80. The molecule has 0 bridgehead atoms. The largest absolute Gasteiger partial charge is 0.493 e. The first-order valence-corrected chi connectivity index (χ1v) is 7.74. The van der Waals surface area contributed by atoms with Gasteiger partial charge in [-0.05, 0) is 42.2 Å². The molecule has 2 aromatic rings. The monoisotopic (exact) mass is 311 g/mol. The van der Waals surface area contributed by atoms with Crippen molar-refractivity contribution in [1.82, 2.24) is 5.32 Å². The molecule has 0 aromatic heterocycles. The van der Waals surface area contributed by atoms with E-state index in [1.54, 1.807) is 14.2 Å². The number of carbonyl (C=O) groups is 1. The molecule has 2 aromatic carbocycles. The third-order valence-electron chi connectivity index (χ3n) is 4.42. The Morgan fingerprint density at radius 3 is 2.43 bits per heavy atom. The normalized spacial score (nSPS) is 16.7. The average Bonchev–Trinajstić information content (AvgIpc) is 2.56. The number of hydrogen-bond acceptors (Lipinski definition) is 3. The van der Waals surface area contributed by atoms with E-state index in [1.165, 1.54) is 0 Å². The Balaban J connectivity index is 1.73. The van der Waals surface area contributed by atoms with E-state index < -0.39 is 0 Å². The van der Waals surface area contributed by atoms with Crippen LogP contribution in [0.25, 0.3) is 0 Å². The van der Waals surface area contributed by atoms with Gasteiger partial charge < -0.3 is 14.8 Å². The summed E-state index contributed by atoms with van der Waals surface area (Å²) in [6.07, 6.45) is 0.739. The summed E-state index contributed by atoms with van der Waals surface area (Å²) >= 11 is 0. The molecule has 3 rings (SSSR count). The van der Waals surface area contributed by atoms with Crippen molar-refractivity contribution in [3.63, 3.8) is 0 Å². The molecule has 0 aliphatic heterocycles. The molecule has 1 aliphatic carbocycles. The minimum Gasteiger partial charge on any atom is -0.493 e. The van der Waals surface area contributed by atoms with E-state index in [-0.39, 0.29) is 17.9 Å². The highest BCUT2D eigenvalue weighted by Crippen LogP contribution is 2.42. The minimum atomic E-state index is -0.115. The fourth-order valence-electron chi connectivity index (χ4n) is 3.01. The van der Waals surface area contributed by atoms with Gasteiger partial charge in [0.2, 0.25) is 5.91 Å². The maximum atomic E-state index is 12.5. The molecular weight excluding hydrogens is 290 g/mol. The molecule has 0 radical (unpaired) electrons. The van der Waals surface area contributed by atoms with Gasteiger partial charge in [0, 0.05) is 0 Å². The van der Waals surface area contributed by atoms with Gasteiger partial charge in [-0.3, -0.25) is 4.79 Å². The number of amides is 1. The van der Waals surface area contributed by atoms with Crippen LogP contribution in [-0.4, -0.2) is 20.1 Å². The first kappa shape index (κ1) is 15.4. The van der Waals surface area contributed by atoms with Crippen molar-refractivity contribution in [3.05, 3.63) is 59.2 Å². The number of carbonyl (C=O) groups excluding carboxylic acids is 1. The van der Waals surface area contributed by atoms with Crippen LogP contribution in [-0.2, 0) is 11.2 Å². The van der Waals surface area contributed by atoms with Crippen LogP contribution in [0.5, 0.6) is 11.5 Å². The minimum absolute atomic E-state index is 0.00658. The summed E-state index contributed by atoms with van der Waals surface area (Å²) in [5.41, 5.74) is 3.28. The second kappa shape index (κ2) is 6.32. The van der Waals surface area contributed by atoms with E-state index in [1.807, 2.05) is 49.4 Å². The molecule has 0 saturated heterocycles. The Labute approximate surface area is 136 Å². The van der Waals surface area contributed by atoms with Crippen LogP contribution in [0, 0.1) is 0 Å². The predicted molar refractivity (Wildman–Crippen MR) is 89.0 cm³/mol. The number of methoxy groups -OCH3 is 2. The van der Waals surface area contributed by atoms with E-state index in [0.29, 0.717) is 11.5 Å². The Kier molecular flexibility index (Phi) is 4.24. The molecule has 1 amide bonds. The second-order valence-electron chi connectivity index (χ2n) is 5.80. The van der Waals surface area contributed by atoms with Crippen LogP contribution >= 0.6 is 0 Å². The molecular formula is C19H21NO3. The van der Waals surface area contributed by atoms with Crippen LogP contribution in [0.15, 0.2) is 42.5 Å². The molecule has 120 valence electrons. The molecule has 0 unspecified atom stereocenters. The standard InChI is InChI=1S/C19H21NO3/c1-12(13-7-5-4-6-8-13)20-19(21)16-9-14-10-17(22-2)18(23-3)11-15(14)16/h4-8,10-12,16H,9H2,1-3H3,(H,20,21)/t12-,16-/m0/s1. The zero-order chi connectivity index (χ0) is 16.4. The third-order valence-corrected chi connectivity index (χ3v) is 4.42. The van der Waals surface area contributed by atoms with Crippen molar-refractivity contribution >= 4 is 5.91 Å². The highest BCUT2D eigenvalue weighted by molar-refractivity contribution is 5.87. The molecule has 4 heteroatoms. The lowest BCUT2D eigenvalue weighted by molar-refractivity contribution is -0.123. The Hall–Kier alpha value is -2.49. The lowest BCUT2D eigenvalue weighted by Crippen LogP contribution is -2.36. The van der Waals surface area contributed by atoms with Crippen molar-refractivity contribution < 1.29 is 14.3 Å². The fraction of sp³-hybridized carbons (Fsp3) is 0.316. The highest BCUT2D eigenvalue weighted by Gasteiger charge is 2.34. The lowest BCUT2D eigenvalue weighted by Gasteiger charge is -2.31. The number of fused-ring (bicyclic) bond motifs is 1. The van der Waals surface area contributed by atoms with Gasteiger partial charge in [0.15, 0.2) is 11.5 Å². The van der Waals surface area contributed by atoms with E-state index >= 15 is 0 Å². The van der Waals surface area contributed by atoms with Crippen LogP contribution in [0.3, 0.4) is 0 Å². The van der Waals surface area contributed by atoms with Gasteiger partial charge in [-0.1, -0.05) is 30.3 Å². The maximum absolute atomic E-state index is 12.5. The van der Waals surface area contributed by atoms with Crippen molar-refractivity contribution in [1.29, 1.82) is 0 Å². The molecule has 0 spiro atoms. The summed E-state index contributed by atoms with van der Waals surface area (Å²) in [6, 6.07) is 13.8. The zero-order valence-electron chi connectivity index (χ0n) is 13.6. The van der Waals surface area contributed by atoms with Crippen molar-refractivity contribution in [3.8, 4) is 11.5 Å². The van der Waals surface area contributed by atoms with Crippen LogP contribution in [0.1, 0.15) is 35.6 Å². The molecule has 23 heavy (non-hydrogen) atoms. The SMILES string of the molecule is COc1cc2c(cc1OC)[C@@H](C(=O)N[C@@H](C)c1ccccc1)C2. The molecule has 1 aliphatic rings. The fourth-order valence-corrected chi connectivity index (χ4v) is 3.01. The Bertz CT molecular complexity index is 712. The molecule has 0 fully saturated rings. The van der Waals surface area contributed by atoms with Gasteiger partial charge in [0.1, 0.15) is 0 Å². The van der Waals surface area contributed by atoms with Gasteiger partial charge in [0.05, 0.1) is 26.2 Å². The van der Waals surface area contributed by atoms with E-state index in [9.17, 15) is 4.79 Å². The Morgan fingerprint density at radius 1 is 1.13 bits per heavy atom. The van der Waals surface area contributed by atoms with E-state index in [4.69, 9.17) is 9.47 Å². The summed E-state index contributed by atoms with van der Waals surface area (Å²) < 4.78 is 10.6. The maximum Gasteiger partial charge on any atom is 0.228 e. The molecule has 0 heterocycles. The molecule has 2 atom stereocenters. The number of nitrogens with one attached hydrogen (secondary N) is 1. The number of rotatable bonds is 5. The topological polar surface area (TPSA) is 47.6 Å². The average molecular weight is 311 g/mol. The quantitative estimate of drug-likeness (QED) is 0.922. The Morgan fingerprint density at radius 2 is 1.78 bits per heavy atom. The summed E-state index contributed by atoms with van der Waals surface area (Å²) in [5, 5.41) is 3.09. The first-order chi connectivity index (χ1) is 11.1. The summed E-state index contributed by atoms with van der Waals surface area (Å²) in [7, 11) is 3.23.